The molecule has 6 nitrogen and oxygen atoms in total. The Bertz CT molecular complexity index is 1060. The highest BCUT2D eigenvalue weighted by molar-refractivity contribution is 5.96. The van der Waals surface area contributed by atoms with Crippen molar-refractivity contribution < 1.29 is 13.7 Å². The van der Waals surface area contributed by atoms with Gasteiger partial charge in [0.1, 0.15) is 11.3 Å². The first kappa shape index (κ1) is 17.0. The molecule has 0 fully saturated rings. The Morgan fingerprint density at radius 3 is 2.48 bits per heavy atom. The van der Waals surface area contributed by atoms with Crippen LogP contribution in [0.3, 0.4) is 0 Å². The van der Waals surface area contributed by atoms with Crippen molar-refractivity contribution in [2.24, 2.45) is 0 Å². The molecule has 0 aliphatic heterocycles. The number of hydrogen-bond donors (Lipinski definition) is 1. The van der Waals surface area contributed by atoms with Crippen molar-refractivity contribution in [3.63, 3.8) is 0 Å². The molecule has 0 saturated heterocycles. The molecule has 0 bridgehead atoms. The number of fused-ring (bicyclic) bond motifs is 1. The summed E-state index contributed by atoms with van der Waals surface area (Å²) in [7, 11) is 0. The monoisotopic (exact) mass is 361 g/mol. The summed E-state index contributed by atoms with van der Waals surface area (Å²) in [5, 5.41) is 6.85. The number of aryl methyl sites for hydroxylation is 2. The normalized spacial score (nSPS) is 12.3. The van der Waals surface area contributed by atoms with Gasteiger partial charge in [-0.2, -0.15) is 0 Å². The van der Waals surface area contributed by atoms with Crippen LogP contribution in [0.1, 0.15) is 29.9 Å². The zero-order valence-corrected chi connectivity index (χ0v) is 15.3. The van der Waals surface area contributed by atoms with Crippen LogP contribution in [0.2, 0.25) is 0 Å². The van der Waals surface area contributed by atoms with E-state index in [9.17, 15) is 4.79 Å². The molecule has 1 atom stereocenters. The van der Waals surface area contributed by atoms with E-state index >= 15 is 0 Å². The van der Waals surface area contributed by atoms with Crippen LogP contribution >= 0.6 is 0 Å². The molecule has 1 N–H and O–H groups in total. The molecule has 4 aromatic rings. The summed E-state index contributed by atoms with van der Waals surface area (Å²) in [6, 6.07) is 15.1. The van der Waals surface area contributed by atoms with Crippen molar-refractivity contribution in [2.75, 3.05) is 5.32 Å². The second-order valence-corrected chi connectivity index (χ2v) is 6.51. The average molecular weight is 361 g/mol. The molecule has 0 aliphatic rings. The molecule has 0 radical (unpaired) electrons. The Hall–Kier alpha value is -3.41. The number of amides is 1. The van der Waals surface area contributed by atoms with Crippen molar-refractivity contribution >= 4 is 22.7 Å². The van der Waals surface area contributed by atoms with Crippen molar-refractivity contribution in [2.45, 2.75) is 26.7 Å². The van der Waals surface area contributed by atoms with Crippen LogP contribution in [0.15, 0.2) is 57.5 Å². The van der Waals surface area contributed by atoms with E-state index in [1.54, 1.807) is 0 Å². The molecule has 0 aliphatic carbocycles. The van der Waals surface area contributed by atoms with E-state index in [4.69, 9.17) is 8.94 Å². The second kappa shape index (κ2) is 6.72. The van der Waals surface area contributed by atoms with Crippen LogP contribution in [-0.4, -0.2) is 16.0 Å². The fourth-order valence-corrected chi connectivity index (χ4v) is 3.18. The minimum absolute atomic E-state index is 0.112. The lowest BCUT2D eigenvalue weighted by molar-refractivity contribution is -0.117. The third-order valence-corrected chi connectivity index (χ3v) is 4.61. The summed E-state index contributed by atoms with van der Waals surface area (Å²) in [6.07, 6.45) is 0. The van der Waals surface area contributed by atoms with Crippen molar-refractivity contribution in [1.82, 2.24) is 10.1 Å². The van der Waals surface area contributed by atoms with Gasteiger partial charge in [-0.1, -0.05) is 17.3 Å². The summed E-state index contributed by atoms with van der Waals surface area (Å²) in [5.74, 6) is 0.756. The van der Waals surface area contributed by atoms with Crippen LogP contribution in [0.5, 0.6) is 0 Å². The molecule has 6 heteroatoms. The maximum absolute atomic E-state index is 12.6. The minimum Gasteiger partial charge on any atom is -0.436 e. The Labute approximate surface area is 156 Å². The molecule has 1 amide bonds. The second-order valence-electron chi connectivity index (χ2n) is 6.51. The van der Waals surface area contributed by atoms with Gasteiger partial charge in [-0.05, 0) is 57.2 Å². The molecule has 0 unspecified atom stereocenters. The molecule has 27 heavy (non-hydrogen) atoms. The van der Waals surface area contributed by atoms with Gasteiger partial charge in [-0.3, -0.25) is 4.79 Å². The quantitative estimate of drug-likeness (QED) is 0.562. The molecule has 136 valence electrons. The number of rotatable bonds is 4. The minimum atomic E-state index is -0.354. The van der Waals surface area contributed by atoms with E-state index in [0.29, 0.717) is 17.3 Å². The van der Waals surface area contributed by atoms with Gasteiger partial charge < -0.3 is 14.3 Å². The van der Waals surface area contributed by atoms with Gasteiger partial charge in [0.05, 0.1) is 11.6 Å². The molecule has 2 heterocycles. The molecule has 2 aromatic carbocycles. The number of carbonyl (C=O) groups is 1. The van der Waals surface area contributed by atoms with Crippen molar-refractivity contribution in [3.8, 4) is 11.5 Å². The van der Waals surface area contributed by atoms with E-state index in [1.807, 2.05) is 69.3 Å². The number of para-hydroxylation sites is 2. The summed E-state index contributed by atoms with van der Waals surface area (Å²) in [5.41, 5.74) is 4.69. The summed E-state index contributed by atoms with van der Waals surface area (Å²) < 4.78 is 10.9. The molecular formula is C21H19N3O3. The predicted octanol–water partition coefficient (Wildman–Crippen LogP) is 4.84. The molecule has 4 rings (SSSR count). The Morgan fingerprint density at radius 1 is 1.07 bits per heavy atom. The van der Waals surface area contributed by atoms with Gasteiger partial charge in [-0.25, -0.2) is 4.98 Å². The summed E-state index contributed by atoms with van der Waals surface area (Å²) in [6.45, 7) is 5.49. The Balaban J connectivity index is 1.51. The van der Waals surface area contributed by atoms with Gasteiger partial charge >= 0.3 is 0 Å². The highest BCUT2D eigenvalue weighted by Gasteiger charge is 2.23. The lowest BCUT2D eigenvalue weighted by Gasteiger charge is -2.12. The number of nitrogens with one attached hydrogen (secondary N) is 1. The lowest BCUT2D eigenvalue weighted by atomic mass is 9.98. The van der Waals surface area contributed by atoms with Crippen LogP contribution in [0, 0.1) is 13.8 Å². The van der Waals surface area contributed by atoms with E-state index in [-0.39, 0.29) is 11.8 Å². The zero-order valence-electron chi connectivity index (χ0n) is 15.3. The van der Waals surface area contributed by atoms with Gasteiger partial charge in [0.2, 0.25) is 11.8 Å². The number of carbonyl (C=O) groups excluding carboxylic acids is 1. The van der Waals surface area contributed by atoms with Gasteiger partial charge in [-0.15, -0.1) is 0 Å². The molecule has 0 saturated carbocycles. The fourth-order valence-electron chi connectivity index (χ4n) is 3.18. The SMILES string of the molecule is Cc1noc(C)c1[C@@H](C)C(=O)Nc1ccc(-c2nc3ccccc3o2)cc1. The van der Waals surface area contributed by atoms with Gasteiger partial charge in [0.25, 0.3) is 0 Å². The van der Waals surface area contributed by atoms with Gasteiger partial charge in [0, 0.05) is 16.8 Å². The van der Waals surface area contributed by atoms with Crippen molar-refractivity contribution in [1.29, 1.82) is 0 Å². The van der Waals surface area contributed by atoms with Crippen LogP contribution < -0.4 is 5.32 Å². The largest absolute Gasteiger partial charge is 0.436 e. The number of oxazole rings is 1. The van der Waals surface area contributed by atoms with E-state index < -0.39 is 0 Å². The standard InChI is InChI=1S/C21H19N3O3/c1-12(19-13(2)24-27-14(19)3)20(25)22-16-10-8-15(9-11-16)21-23-17-6-4-5-7-18(17)26-21/h4-12H,1-3H3,(H,22,25)/t12-/m1/s1. The number of nitrogens with zero attached hydrogens (tertiary/aromatic N) is 2. The van der Waals surface area contributed by atoms with E-state index in [0.717, 1.165) is 27.9 Å². The zero-order chi connectivity index (χ0) is 19.0. The number of aromatic nitrogens is 2. The average Bonchev–Trinajstić information content (AvgIpc) is 3.25. The van der Waals surface area contributed by atoms with Crippen LogP contribution in [0.4, 0.5) is 5.69 Å². The molecular weight excluding hydrogens is 342 g/mol. The topological polar surface area (TPSA) is 81.2 Å². The number of benzene rings is 2. The highest BCUT2D eigenvalue weighted by Crippen LogP contribution is 2.27. The molecule has 2 aromatic heterocycles. The van der Waals surface area contributed by atoms with Crippen molar-refractivity contribution in [3.05, 3.63) is 65.5 Å². The third-order valence-electron chi connectivity index (χ3n) is 4.61. The van der Waals surface area contributed by atoms with E-state index in [2.05, 4.69) is 15.5 Å². The smallest absolute Gasteiger partial charge is 0.231 e. The lowest BCUT2D eigenvalue weighted by Crippen LogP contribution is -2.19. The number of hydrogen-bond acceptors (Lipinski definition) is 5. The van der Waals surface area contributed by atoms with Gasteiger partial charge in [0.15, 0.2) is 5.58 Å². The summed E-state index contributed by atoms with van der Waals surface area (Å²) >= 11 is 0. The summed E-state index contributed by atoms with van der Waals surface area (Å²) in [4.78, 5) is 17.1. The third kappa shape index (κ3) is 3.21. The predicted molar refractivity (Wildman–Crippen MR) is 102 cm³/mol. The molecule has 0 spiro atoms. The van der Waals surface area contributed by atoms with Crippen LogP contribution in [-0.2, 0) is 4.79 Å². The Morgan fingerprint density at radius 2 is 1.81 bits per heavy atom. The first-order valence-corrected chi connectivity index (χ1v) is 8.72. The maximum Gasteiger partial charge on any atom is 0.231 e. The first-order valence-electron chi connectivity index (χ1n) is 8.72. The fraction of sp³-hybridized carbons (Fsp3) is 0.190. The highest BCUT2D eigenvalue weighted by atomic mass is 16.5. The maximum atomic E-state index is 12.6. The van der Waals surface area contributed by atoms with E-state index in [1.165, 1.54) is 0 Å². The number of anilines is 1. The first-order chi connectivity index (χ1) is 13.0. The van der Waals surface area contributed by atoms with Crippen LogP contribution in [0.25, 0.3) is 22.6 Å². The Kier molecular flexibility index (Phi) is 4.24.